The van der Waals surface area contributed by atoms with Crippen molar-refractivity contribution in [1.82, 2.24) is 5.32 Å². The lowest BCUT2D eigenvalue weighted by Crippen LogP contribution is -2.52. The summed E-state index contributed by atoms with van der Waals surface area (Å²) in [5, 5.41) is 2.70. The fourth-order valence-corrected chi connectivity index (χ4v) is 3.79. The largest absolute Gasteiger partial charge is 0.402 e. The molecule has 3 aliphatic heterocycles. The normalized spacial score (nSPS) is 40.8. The number of ketones is 1. The van der Waals surface area contributed by atoms with Gasteiger partial charge in [0.1, 0.15) is 5.41 Å². The lowest BCUT2D eigenvalue weighted by Gasteiger charge is -2.40. The van der Waals surface area contributed by atoms with Crippen molar-refractivity contribution in [3.63, 3.8) is 0 Å². The van der Waals surface area contributed by atoms with Crippen molar-refractivity contribution < 1.29 is 27.4 Å². The summed E-state index contributed by atoms with van der Waals surface area (Å²) in [6, 6.07) is 0. The lowest BCUT2D eigenvalue weighted by molar-refractivity contribution is -0.219. The molecular weight excluding hydrogens is 287 g/mol. The predicted molar refractivity (Wildman–Crippen MR) is 67.8 cm³/mol. The van der Waals surface area contributed by atoms with E-state index in [9.17, 15) is 18.0 Å². The molecule has 3 heterocycles. The topological polar surface area (TPSA) is 47.6 Å². The maximum atomic E-state index is 13.5. The van der Waals surface area contributed by atoms with Gasteiger partial charge in [0.15, 0.2) is 5.78 Å². The Balaban J connectivity index is 1.80. The van der Waals surface area contributed by atoms with E-state index in [1.54, 1.807) is 0 Å². The summed E-state index contributed by atoms with van der Waals surface area (Å²) < 4.78 is 51.4. The van der Waals surface area contributed by atoms with Crippen LogP contribution in [0.4, 0.5) is 13.2 Å². The minimum Gasteiger partial charge on any atom is -0.378 e. The van der Waals surface area contributed by atoms with Crippen LogP contribution < -0.4 is 5.32 Å². The van der Waals surface area contributed by atoms with Crippen LogP contribution in [0, 0.1) is 11.3 Å². The Morgan fingerprint density at radius 2 is 2.05 bits per heavy atom. The summed E-state index contributed by atoms with van der Waals surface area (Å²) in [5.41, 5.74) is -2.76. The van der Waals surface area contributed by atoms with Gasteiger partial charge in [0, 0.05) is 32.1 Å². The molecular formula is C14H20F3NO3. The van der Waals surface area contributed by atoms with E-state index in [0.29, 0.717) is 39.1 Å². The second-order valence-electron chi connectivity index (χ2n) is 6.39. The second kappa shape index (κ2) is 5.21. The highest BCUT2D eigenvalue weighted by Gasteiger charge is 2.62. The average molecular weight is 307 g/mol. The second-order valence-corrected chi connectivity index (χ2v) is 6.39. The highest BCUT2D eigenvalue weighted by Crippen LogP contribution is 2.48. The minimum atomic E-state index is -4.49. The van der Waals surface area contributed by atoms with Crippen molar-refractivity contribution in [1.29, 1.82) is 0 Å². The molecule has 1 N–H and O–H groups in total. The Labute approximate surface area is 121 Å². The Kier molecular flexibility index (Phi) is 3.78. The number of halogens is 3. The molecule has 3 aliphatic rings. The van der Waals surface area contributed by atoms with Crippen LogP contribution in [0.3, 0.4) is 0 Å². The van der Waals surface area contributed by atoms with Crippen LogP contribution in [0.25, 0.3) is 0 Å². The zero-order chi connectivity index (χ0) is 15.1. The predicted octanol–water partition coefficient (Wildman–Crippen LogP) is 1.68. The van der Waals surface area contributed by atoms with Gasteiger partial charge in [0.2, 0.25) is 0 Å². The summed E-state index contributed by atoms with van der Waals surface area (Å²) in [4.78, 5) is 12.7. The van der Waals surface area contributed by atoms with Gasteiger partial charge >= 0.3 is 6.18 Å². The Morgan fingerprint density at radius 3 is 2.62 bits per heavy atom. The molecule has 1 spiro atoms. The first kappa shape index (κ1) is 15.2. The number of nitrogens with one attached hydrogen (secondary N) is 1. The first-order valence-electron chi connectivity index (χ1n) is 7.42. The molecule has 0 radical (unpaired) electrons. The minimum absolute atomic E-state index is 0.157. The number of hydrogen-bond donors (Lipinski definition) is 1. The number of hydrogen-bond acceptors (Lipinski definition) is 4. The van der Waals surface area contributed by atoms with E-state index in [1.807, 2.05) is 0 Å². The fraction of sp³-hybridized carbons (Fsp3) is 0.929. The van der Waals surface area contributed by atoms with E-state index >= 15 is 0 Å². The van der Waals surface area contributed by atoms with Gasteiger partial charge in [-0.05, 0) is 25.8 Å². The lowest BCUT2D eigenvalue weighted by atomic mass is 9.71. The van der Waals surface area contributed by atoms with Crippen LogP contribution in [-0.4, -0.2) is 50.5 Å². The average Bonchev–Trinajstić information content (AvgIpc) is 3.07. The molecule has 0 saturated carbocycles. The zero-order valence-corrected chi connectivity index (χ0v) is 11.8. The van der Waals surface area contributed by atoms with Crippen molar-refractivity contribution in [2.24, 2.45) is 11.3 Å². The number of Topliss-reactive ketones (excluding diaryl/α,β-unsaturated/α-hetero) is 1. The maximum Gasteiger partial charge on any atom is 0.402 e. The number of carbonyl (C=O) groups is 1. The third-order valence-electron chi connectivity index (χ3n) is 5.10. The third-order valence-corrected chi connectivity index (χ3v) is 5.10. The molecule has 3 fully saturated rings. The summed E-state index contributed by atoms with van der Waals surface area (Å²) in [5.74, 6) is -1.24. The van der Waals surface area contributed by atoms with Crippen molar-refractivity contribution >= 4 is 5.78 Å². The summed E-state index contributed by atoms with van der Waals surface area (Å²) in [6.07, 6.45) is -3.27. The Bertz CT molecular complexity index is 412. The smallest absolute Gasteiger partial charge is 0.378 e. The molecule has 3 atom stereocenters. The molecule has 0 aromatic carbocycles. The van der Waals surface area contributed by atoms with E-state index in [4.69, 9.17) is 9.47 Å². The van der Waals surface area contributed by atoms with Crippen LogP contribution in [-0.2, 0) is 14.3 Å². The number of carbonyl (C=O) groups excluding carboxylic acids is 1. The highest BCUT2D eigenvalue weighted by molar-refractivity contribution is 5.88. The SMILES string of the molecule is O=C(C1CCOC2(CCOC2)C1)C1(C(F)(F)F)CCNC1. The Morgan fingerprint density at radius 1 is 1.24 bits per heavy atom. The summed E-state index contributed by atoms with van der Waals surface area (Å²) >= 11 is 0. The van der Waals surface area contributed by atoms with Gasteiger partial charge in [-0.2, -0.15) is 13.2 Å². The zero-order valence-electron chi connectivity index (χ0n) is 11.8. The Hall–Kier alpha value is -0.660. The molecule has 0 bridgehead atoms. The molecule has 21 heavy (non-hydrogen) atoms. The van der Waals surface area contributed by atoms with Crippen LogP contribution in [0.1, 0.15) is 25.7 Å². The van der Waals surface area contributed by atoms with Gasteiger partial charge in [-0.25, -0.2) is 0 Å². The van der Waals surface area contributed by atoms with E-state index in [0.717, 1.165) is 0 Å². The molecule has 0 aromatic rings. The van der Waals surface area contributed by atoms with Gasteiger partial charge in [-0.3, -0.25) is 4.79 Å². The van der Waals surface area contributed by atoms with Crippen LogP contribution in [0.15, 0.2) is 0 Å². The molecule has 0 amide bonds. The molecule has 3 saturated heterocycles. The van der Waals surface area contributed by atoms with Crippen molar-refractivity contribution in [2.75, 3.05) is 32.9 Å². The van der Waals surface area contributed by atoms with Crippen LogP contribution >= 0.6 is 0 Å². The highest BCUT2D eigenvalue weighted by atomic mass is 19.4. The quantitative estimate of drug-likeness (QED) is 0.843. The van der Waals surface area contributed by atoms with Crippen LogP contribution in [0.2, 0.25) is 0 Å². The standard InChI is InChI=1S/C14H20F3NO3/c15-14(16,17)13(2-4-18-8-13)11(19)10-1-5-21-12(7-10)3-6-20-9-12/h10,18H,1-9H2. The summed E-state index contributed by atoms with van der Waals surface area (Å²) in [7, 11) is 0. The molecule has 0 aromatic heterocycles. The molecule has 120 valence electrons. The number of ether oxygens (including phenoxy) is 2. The van der Waals surface area contributed by atoms with Gasteiger partial charge in [-0.15, -0.1) is 0 Å². The van der Waals surface area contributed by atoms with E-state index < -0.39 is 28.9 Å². The van der Waals surface area contributed by atoms with Crippen LogP contribution in [0.5, 0.6) is 0 Å². The van der Waals surface area contributed by atoms with E-state index in [2.05, 4.69) is 5.32 Å². The number of alkyl halides is 3. The van der Waals surface area contributed by atoms with Crippen molar-refractivity contribution in [3.8, 4) is 0 Å². The third kappa shape index (κ3) is 2.49. The first-order chi connectivity index (χ1) is 9.89. The maximum absolute atomic E-state index is 13.5. The molecule has 4 nitrogen and oxygen atoms in total. The first-order valence-corrected chi connectivity index (χ1v) is 7.42. The molecule has 3 rings (SSSR count). The van der Waals surface area contributed by atoms with Crippen molar-refractivity contribution in [2.45, 2.75) is 37.5 Å². The van der Waals surface area contributed by atoms with E-state index in [1.165, 1.54) is 0 Å². The van der Waals surface area contributed by atoms with Gasteiger partial charge in [-0.1, -0.05) is 0 Å². The summed E-state index contributed by atoms with van der Waals surface area (Å²) in [6.45, 7) is 1.21. The monoisotopic (exact) mass is 307 g/mol. The fourth-order valence-electron chi connectivity index (χ4n) is 3.79. The molecule has 7 heteroatoms. The molecule has 0 aliphatic carbocycles. The van der Waals surface area contributed by atoms with Gasteiger partial charge in [0.25, 0.3) is 0 Å². The van der Waals surface area contributed by atoms with Crippen molar-refractivity contribution in [3.05, 3.63) is 0 Å². The number of rotatable bonds is 2. The van der Waals surface area contributed by atoms with Gasteiger partial charge < -0.3 is 14.8 Å². The van der Waals surface area contributed by atoms with Gasteiger partial charge in [0.05, 0.1) is 12.2 Å². The van der Waals surface area contributed by atoms with E-state index in [-0.39, 0.29) is 19.5 Å². The molecule has 3 unspecified atom stereocenters.